The Hall–Kier alpha value is -0.910. The Morgan fingerprint density at radius 3 is 2.48 bits per heavy atom. The van der Waals surface area contributed by atoms with Gasteiger partial charge in [-0.15, -0.1) is 0 Å². The van der Waals surface area contributed by atoms with Crippen molar-refractivity contribution in [3.05, 3.63) is 29.8 Å². The normalized spacial score (nSPS) is 22.9. The SMILES string of the molecule is CCCCCCCCOc1ccc([C@@H]2CC[C@](N)(COP(=O)(O)O)C2)cc1. The monoisotopic (exact) mass is 399 g/mol. The van der Waals surface area contributed by atoms with E-state index >= 15 is 0 Å². The quantitative estimate of drug-likeness (QED) is 0.353. The van der Waals surface area contributed by atoms with Crippen LogP contribution in [0.2, 0.25) is 0 Å². The second kappa shape index (κ2) is 10.6. The largest absolute Gasteiger partial charge is 0.494 e. The van der Waals surface area contributed by atoms with Gasteiger partial charge in [-0.2, -0.15) is 0 Å². The predicted octanol–water partition coefficient (Wildman–Crippen LogP) is 4.50. The Kier molecular flexibility index (Phi) is 8.77. The molecule has 6 nitrogen and oxygen atoms in total. The minimum atomic E-state index is -4.48. The minimum absolute atomic E-state index is 0.118. The summed E-state index contributed by atoms with van der Waals surface area (Å²) in [6, 6.07) is 8.12. The van der Waals surface area contributed by atoms with E-state index in [9.17, 15) is 4.57 Å². The fourth-order valence-corrected chi connectivity index (χ4v) is 4.12. The molecule has 0 saturated heterocycles. The van der Waals surface area contributed by atoms with Gasteiger partial charge in [0, 0.05) is 5.54 Å². The molecule has 0 spiro atoms. The molecule has 0 radical (unpaired) electrons. The van der Waals surface area contributed by atoms with Crippen LogP contribution >= 0.6 is 7.82 Å². The summed E-state index contributed by atoms with van der Waals surface area (Å²) in [4.78, 5) is 17.7. The zero-order chi connectivity index (χ0) is 19.8. The molecule has 1 saturated carbocycles. The number of rotatable bonds is 12. The molecule has 1 aliphatic carbocycles. The summed E-state index contributed by atoms with van der Waals surface area (Å²) in [5, 5.41) is 0. The highest BCUT2D eigenvalue weighted by molar-refractivity contribution is 7.46. The summed E-state index contributed by atoms with van der Waals surface area (Å²) in [5.74, 6) is 1.16. The Bertz CT molecular complexity index is 603. The lowest BCUT2D eigenvalue weighted by Crippen LogP contribution is -2.41. The van der Waals surface area contributed by atoms with Gasteiger partial charge in [-0.3, -0.25) is 4.52 Å². The standard InChI is InChI=1S/C20H34NO5P/c1-2-3-4-5-6-7-14-25-19-10-8-17(9-11-19)18-12-13-20(21,15-18)16-26-27(22,23)24/h8-11,18H,2-7,12-16,21H2,1H3,(H2,22,23,24)/t18-,20-/m1/s1. The smallest absolute Gasteiger partial charge is 0.469 e. The molecular formula is C20H34NO5P. The predicted molar refractivity (Wildman–Crippen MR) is 107 cm³/mol. The average Bonchev–Trinajstić information content (AvgIpc) is 3.02. The van der Waals surface area contributed by atoms with Gasteiger partial charge in [-0.1, -0.05) is 51.2 Å². The molecule has 0 aliphatic heterocycles. The number of phosphoric ester groups is 1. The van der Waals surface area contributed by atoms with Gasteiger partial charge >= 0.3 is 7.82 Å². The van der Waals surface area contributed by atoms with E-state index in [2.05, 4.69) is 23.6 Å². The average molecular weight is 399 g/mol. The summed E-state index contributed by atoms with van der Waals surface area (Å²) in [6.07, 6.45) is 9.72. The van der Waals surface area contributed by atoms with E-state index in [0.29, 0.717) is 12.8 Å². The highest BCUT2D eigenvalue weighted by Gasteiger charge is 2.38. The van der Waals surface area contributed by atoms with Crippen LogP contribution in [0.4, 0.5) is 0 Å². The lowest BCUT2D eigenvalue weighted by atomic mass is 9.94. The Morgan fingerprint density at radius 2 is 1.81 bits per heavy atom. The van der Waals surface area contributed by atoms with Crippen molar-refractivity contribution in [3.8, 4) is 5.75 Å². The van der Waals surface area contributed by atoms with Crippen LogP contribution in [-0.4, -0.2) is 28.5 Å². The summed E-state index contributed by atoms with van der Waals surface area (Å²) in [6.45, 7) is 2.86. The first-order valence-corrected chi connectivity index (χ1v) is 11.6. The molecule has 4 N–H and O–H groups in total. The van der Waals surface area contributed by atoms with Crippen LogP contribution in [0.5, 0.6) is 5.75 Å². The van der Waals surface area contributed by atoms with Crippen LogP contribution in [0.25, 0.3) is 0 Å². The van der Waals surface area contributed by atoms with Crippen molar-refractivity contribution in [1.29, 1.82) is 0 Å². The molecule has 0 bridgehead atoms. The first-order chi connectivity index (χ1) is 12.8. The third-order valence-corrected chi connectivity index (χ3v) is 5.75. The molecule has 0 unspecified atom stereocenters. The zero-order valence-electron chi connectivity index (χ0n) is 16.3. The van der Waals surface area contributed by atoms with Gasteiger partial charge in [-0.25, -0.2) is 4.57 Å². The molecule has 7 heteroatoms. The molecule has 0 aromatic heterocycles. The second-order valence-electron chi connectivity index (χ2n) is 7.75. The lowest BCUT2D eigenvalue weighted by molar-refractivity contribution is 0.153. The van der Waals surface area contributed by atoms with E-state index in [1.54, 1.807) is 0 Å². The van der Waals surface area contributed by atoms with E-state index < -0.39 is 13.4 Å². The van der Waals surface area contributed by atoms with E-state index in [1.165, 1.54) is 37.7 Å². The Morgan fingerprint density at radius 1 is 1.15 bits per heavy atom. The molecule has 27 heavy (non-hydrogen) atoms. The number of ether oxygens (including phenoxy) is 1. The van der Waals surface area contributed by atoms with Crippen molar-refractivity contribution < 1.29 is 23.6 Å². The number of hydrogen-bond acceptors (Lipinski definition) is 4. The number of benzene rings is 1. The minimum Gasteiger partial charge on any atom is -0.494 e. The number of hydrogen-bond donors (Lipinski definition) is 3. The van der Waals surface area contributed by atoms with Gasteiger partial charge in [0.1, 0.15) is 5.75 Å². The van der Waals surface area contributed by atoms with Crippen molar-refractivity contribution >= 4 is 7.82 Å². The Balaban J connectivity index is 1.73. The molecule has 2 atom stereocenters. The van der Waals surface area contributed by atoms with E-state index in [0.717, 1.165) is 25.2 Å². The van der Waals surface area contributed by atoms with Crippen LogP contribution in [-0.2, 0) is 9.09 Å². The van der Waals surface area contributed by atoms with Gasteiger partial charge in [0.2, 0.25) is 0 Å². The molecule has 1 fully saturated rings. The van der Waals surface area contributed by atoms with Crippen molar-refractivity contribution in [2.75, 3.05) is 13.2 Å². The van der Waals surface area contributed by atoms with Crippen molar-refractivity contribution in [2.24, 2.45) is 5.73 Å². The second-order valence-corrected chi connectivity index (χ2v) is 8.99. The van der Waals surface area contributed by atoms with E-state index in [-0.39, 0.29) is 12.5 Å². The first-order valence-electron chi connectivity index (χ1n) is 10.0. The molecule has 0 heterocycles. The van der Waals surface area contributed by atoms with Crippen molar-refractivity contribution in [2.45, 2.75) is 76.2 Å². The Labute approximate surface area is 162 Å². The fraction of sp³-hybridized carbons (Fsp3) is 0.700. The summed E-state index contributed by atoms with van der Waals surface area (Å²) < 4.78 is 21.3. The van der Waals surface area contributed by atoms with Gasteiger partial charge in [-0.05, 0) is 49.3 Å². The van der Waals surface area contributed by atoms with Crippen LogP contribution in [0.15, 0.2) is 24.3 Å². The molecule has 1 aromatic rings. The topological polar surface area (TPSA) is 102 Å². The maximum absolute atomic E-state index is 10.9. The van der Waals surface area contributed by atoms with Crippen LogP contribution in [0.1, 0.15) is 76.2 Å². The molecule has 2 rings (SSSR count). The van der Waals surface area contributed by atoms with Gasteiger partial charge in [0.15, 0.2) is 0 Å². The molecule has 1 aromatic carbocycles. The number of phosphoric acid groups is 1. The summed E-state index contributed by atoms with van der Waals surface area (Å²) in [5.41, 5.74) is 6.76. The first kappa shape index (κ1) is 22.4. The lowest BCUT2D eigenvalue weighted by Gasteiger charge is -2.24. The van der Waals surface area contributed by atoms with Crippen molar-refractivity contribution in [1.82, 2.24) is 0 Å². The molecular weight excluding hydrogens is 365 g/mol. The summed E-state index contributed by atoms with van der Waals surface area (Å²) >= 11 is 0. The third-order valence-electron chi connectivity index (χ3n) is 5.28. The van der Waals surface area contributed by atoms with Crippen LogP contribution in [0, 0.1) is 0 Å². The third kappa shape index (κ3) is 8.32. The molecule has 154 valence electrons. The fourth-order valence-electron chi connectivity index (χ4n) is 3.69. The summed E-state index contributed by atoms with van der Waals surface area (Å²) in [7, 11) is -4.48. The van der Waals surface area contributed by atoms with E-state index in [1.807, 2.05) is 12.1 Å². The number of nitrogens with two attached hydrogens (primary N) is 1. The van der Waals surface area contributed by atoms with Crippen LogP contribution in [0.3, 0.4) is 0 Å². The maximum Gasteiger partial charge on any atom is 0.469 e. The van der Waals surface area contributed by atoms with E-state index in [4.69, 9.17) is 20.3 Å². The van der Waals surface area contributed by atoms with Gasteiger partial charge in [0.05, 0.1) is 13.2 Å². The molecule has 0 amide bonds. The molecule has 1 aliphatic rings. The van der Waals surface area contributed by atoms with Gasteiger partial charge < -0.3 is 20.3 Å². The maximum atomic E-state index is 10.9. The van der Waals surface area contributed by atoms with Crippen LogP contribution < -0.4 is 10.5 Å². The van der Waals surface area contributed by atoms with Crippen molar-refractivity contribution in [3.63, 3.8) is 0 Å². The van der Waals surface area contributed by atoms with Gasteiger partial charge in [0.25, 0.3) is 0 Å². The highest BCUT2D eigenvalue weighted by Crippen LogP contribution is 2.43. The zero-order valence-corrected chi connectivity index (χ0v) is 17.2. The highest BCUT2D eigenvalue weighted by atomic mass is 31.2. The number of unbranched alkanes of at least 4 members (excludes halogenated alkanes) is 5.